The summed E-state index contributed by atoms with van der Waals surface area (Å²) in [7, 11) is 0. The van der Waals surface area contributed by atoms with Crippen LogP contribution in [0.4, 0.5) is 10.7 Å². The maximum atomic E-state index is 11.5. The minimum Gasteiger partial charge on any atom is -0.327 e. The van der Waals surface area contributed by atoms with E-state index in [9.17, 15) is 9.59 Å². The molecule has 0 bridgehead atoms. The van der Waals surface area contributed by atoms with Gasteiger partial charge in [-0.3, -0.25) is 9.59 Å². The minimum atomic E-state index is -0.0986. The number of nitrogens with one attached hydrogen (secondary N) is 2. The summed E-state index contributed by atoms with van der Waals surface area (Å²) >= 11 is 8.88. The molecule has 6 rings (SSSR count). The Balaban J connectivity index is 0.000000157. The van der Waals surface area contributed by atoms with E-state index in [1.165, 1.54) is 46.7 Å². The molecule has 2 aromatic heterocycles. The van der Waals surface area contributed by atoms with Crippen molar-refractivity contribution in [1.29, 1.82) is 0 Å². The summed E-state index contributed by atoms with van der Waals surface area (Å²) in [6.45, 7) is 18.2. The third-order valence-electron chi connectivity index (χ3n) is 7.20. The molecular formula is C34H36ClN7O2S2. The van der Waals surface area contributed by atoms with Gasteiger partial charge >= 0.3 is 0 Å². The van der Waals surface area contributed by atoms with Gasteiger partial charge in [0, 0.05) is 11.9 Å². The van der Waals surface area contributed by atoms with Crippen molar-refractivity contribution in [2.24, 2.45) is 5.10 Å². The second-order valence-corrected chi connectivity index (χ2v) is 13.6. The topological polar surface area (TPSA) is 106 Å². The Bertz CT molecular complexity index is 1770. The molecule has 2 N–H and O–H groups in total. The zero-order valence-electron chi connectivity index (χ0n) is 26.3. The molecule has 1 aliphatic carbocycles. The van der Waals surface area contributed by atoms with E-state index in [1.807, 2.05) is 50.2 Å². The monoisotopic (exact) mass is 673 g/mol. The number of fused-ring (bicyclic) bond motifs is 1. The van der Waals surface area contributed by atoms with Crippen molar-refractivity contribution in [2.75, 3.05) is 5.32 Å². The number of halogens is 1. The van der Waals surface area contributed by atoms with Crippen molar-refractivity contribution in [3.63, 3.8) is 0 Å². The number of thioether (sulfide) groups is 1. The Morgan fingerprint density at radius 2 is 1.83 bits per heavy atom. The molecule has 1 atom stereocenters. The maximum absolute atomic E-state index is 11.5. The van der Waals surface area contributed by atoms with Crippen LogP contribution in [0, 0.1) is 27.3 Å². The lowest BCUT2D eigenvalue weighted by Gasteiger charge is -2.09. The number of rotatable bonds is 5. The second kappa shape index (κ2) is 16.4. The van der Waals surface area contributed by atoms with Crippen molar-refractivity contribution in [1.82, 2.24) is 20.2 Å². The molecule has 0 saturated carbocycles. The first-order chi connectivity index (χ1) is 22.0. The Labute approximate surface area is 283 Å². The van der Waals surface area contributed by atoms with Crippen molar-refractivity contribution < 1.29 is 9.59 Å². The van der Waals surface area contributed by atoms with E-state index in [0.717, 1.165) is 52.9 Å². The molecule has 238 valence electrons. The molecular weight excluding hydrogens is 638 g/mol. The van der Waals surface area contributed by atoms with Crippen LogP contribution in [0.5, 0.6) is 0 Å². The number of carbonyl (C=O) groups is 2. The van der Waals surface area contributed by atoms with E-state index in [4.69, 9.17) is 18.2 Å². The van der Waals surface area contributed by atoms with Gasteiger partial charge in [-0.1, -0.05) is 72.8 Å². The van der Waals surface area contributed by atoms with Crippen LogP contribution in [-0.2, 0) is 28.9 Å². The van der Waals surface area contributed by atoms with Crippen molar-refractivity contribution in [3.05, 3.63) is 115 Å². The first-order valence-electron chi connectivity index (χ1n) is 14.7. The number of anilines is 1. The van der Waals surface area contributed by atoms with Crippen molar-refractivity contribution in [2.45, 2.75) is 65.0 Å². The molecule has 0 radical (unpaired) electrons. The first kappa shape index (κ1) is 34.6. The molecule has 2 aliphatic rings. The number of thiophene rings is 1. The Kier molecular flexibility index (Phi) is 12.3. The van der Waals surface area contributed by atoms with Gasteiger partial charge in [0.2, 0.25) is 17.5 Å². The molecule has 46 heavy (non-hydrogen) atoms. The predicted molar refractivity (Wildman–Crippen MR) is 189 cm³/mol. The SMILES string of the molecule is C=C1NC(=O)C(Cc2ccccc2C)S1.Cc1nnc(C)n1N=Cc1ccc(Cl)cc1.[C-]#[N+]c1c(NC(C)=O)sc2c1CCCC2. The average molecular weight is 674 g/mol. The first-order valence-corrected chi connectivity index (χ1v) is 16.8. The molecule has 4 aromatic rings. The number of nitrogens with zero attached hydrogens (tertiary/aromatic N) is 5. The van der Waals surface area contributed by atoms with Crippen LogP contribution in [0.2, 0.25) is 5.02 Å². The number of hydrogen-bond donors (Lipinski definition) is 2. The molecule has 9 nitrogen and oxygen atoms in total. The fourth-order valence-electron chi connectivity index (χ4n) is 4.86. The summed E-state index contributed by atoms with van der Waals surface area (Å²) in [4.78, 5) is 27.3. The summed E-state index contributed by atoms with van der Waals surface area (Å²) in [6.07, 6.45) is 6.93. The van der Waals surface area contributed by atoms with Gasteiger partial charge in [-0.2, -0.15) is 5.10 Å². The standard InChI is InChI=1S/C12H13NOS.C11H11ClN4.C11H12N2OS/c1-8-5-3-4-6-10(8)7-11-12(14)13-9(2)15-11;1-8-14-15-9(2)16(8)13-7-10-3-5-11(12)6-4-10;1-7(14)13-11-10(12-2)8-5-3-4-6-9(8)15-11/h3-6,11H,2,7H2,1H3,(H,13,14);3-7H,1-2H3;3-6H2,1H3,(H,13,14). The van der Waals surface area contributed by atoms with Crippen LogP contribution < -0.4 is 10.6 Å². The number of amides is 2. The van der Waals surface area contributed by atoms with Crippen molar-refractivity contribution >= 4 is 63.4 Å². The van der Waals surface area contributed by atoms with E-state index in [-0.39, 0.29) is 17.1 Å². The summed E-state index contributed by atoms with van der Waals surface area (Å²) in [5, 5.41) is 19.8. The normalized spacial score (nSPS) is 15.2. The summed E-state index contributed by atoms with van der Waals surface area (Å²) in [5.74, 6) is 1.51. The second-order valence-electron chi connectivity index (χ2n) is 10.7. The molecule has 0 spiro atoms. The number of benzene rings is 2. The van der Waals surface area contributed by atoms with E-state index < -0.39 is 0 Å². The zero-order valence-corrected chi connectivity index (χ0v) is 28.7. The summed E-state index contributed by atoms with van der Waals surface area (Å²) in [6, 6.07) is 15.6. The Hall–Kier alpha value is -4.24. The maximum Gasteiger partial charge on any atom is 0.238 e. The van der Waals surface area contributed by atoms with E-state index >= 15 is 0 Å². The van der Waals surface area contributed by atoms with Crippen LogP contribution in [-0.4, -0.2) is 38.2 Å². The molecule has 3 heterocycles. The lowest BCUT2D eigenvalue weighted by atomic mass is 9.98. The molecule has 1 saturated heterocycles. The highest BCUT2D eigenvalue weighted by Crippen LogP contribution is 2.43. The van der Waals surface area contributed by atoms with Gasteiger partial charge in [0.1, 0.15) is 5.00 Å². The van der Waals surface area contributed by atoms with Gasteiger partial charge in [0.25, 0.3) is 0 Å². The van der Waals surface area contributed by atoms with Crippen LogP contribution in [0.3, 0.4) is 0 Å². The van der Waals surface area contributed by atoms with E-state index in [0.29, 0.717) is 10.7 Å². The third kappa shape index (κ3) is 9.39. The highest BCUT2D eigenvalue weighted by molar-refractivity contribution is 8.04. The fourth-order valence-corrected chi connectivity index (χ4v) is 7.19. The van der Waals surface area contributed by atoms with Crippen LogP contribution in [0.15, 0.2) is 65.2 Å². The lowest BCUT2D eigenvalue weighted by molar-refractivity contribution is -0.119. The minimum absolute atomic E-state index is 0.0152. The van der Waals surface area contributed by atoms with E-state index in [2.05, 4.69) is 56.4 Å². The molecule has 1 unspecified atom stereocenters. The van der Waals surface area contributed by atoms with Crippen molar-refractivity contribution in [3.8, 4) is 0 Å². The smallest absolute Gasteiger partial charge is 0.238 e. The van der Waals surface area contributed by atoms with Gasteiger partial charge < -0.3 is 10.6 Å². The van der Waals surface area contributed by atoms with Crippen LogP contribution >= 0.6 is 34.7 Å². The van der Waals surface area contributed by atoms with Gasteiger partial charge in [0.05, 0.1) is 23.1 Å². The fraction of sp³-hybridized carbons (Fsp3) is 0.294. The predicted octanol–water partition coefficient (Wildman–Crippen LogP) is 7.81. The van der Waals surface area contributed by atoms with E-state index in [1.54, 1.807) is 22.2 Å². The van der Waals surface area contributed by atoms with Gasteiger partial charge in [0.15, 0.2) is 11.6 Å². The largest absolute Gasteiger partial charge is 0.327 e. The van der Waals surface area contributed by atoms with Crippen LogP contribution in [0.1, 0.15) is 58.5 Å². The molecule has 1 fully saturated rings. The number of hydrogen-bond acceptors (Lipinski definition) is 7. The molecule has 12 heteroatoms. The number of aryl methyl sites for hydroxylation is 4. The van der Waals surface area contributed by atoms with Gasteiger partial charge in [-0.25, -0.2) is 9.52 Å². The van der Waals surface area contributed by atoms with Crippen LogP contribution in [0.25, 0.3) is 4.85 Å². The zero-order chi connectivity index (χ0) is 33.2. The highest BCUT2D eigenvalue weighted by atomic mass is 35.5. The Morgan fingerprint density at radius 1 is 1.15 bits per heavy atom. The molecule has 2 aromatic carbocycles. The lowest BCUT2D eigenvalue weighted by Crippen LogP contribution is -2.23. The average Bonchev–Trinajstić information content (AvgIpc) is 3.66. The molecule has 1 aliphatic heterocycles. The van der Waals surface area contributed by atoms with Gasteiger partial charge in [-0.05, 0) is 85.7 Å². The number of aromatic nitrogens is 3. The Morgan fingerprint density at radius 3 is 2.43 bits per heavy atom. The van der Waals surface area contributed by atoms with Gasteiger partial charge in [-0.15, -0.1) is 21.5 Å². The molecule has 2 amide bonds. The number of carbonyl (C=O) groups excluding carboxylic acids is 2. The highest BCUT2D eigenvalue weighted by Gasteiger charge is 2.28. The summed E-state index contributed by atoms with van der Waals surface area (Å²) < 4.78 is 1.69. The quantitative estimate of drug-likeness (QED) is 0.166. The third-order valence-corrected chi connectivity index (χ3v) is 9.70. The summed E-state index contributed by atoms with van der Waals surface area (Å²) in [5.41, 5.74) is 5.30.